The summed E-state index contributed by atoms with van der Waals surface area (Å²) in [6.45, 7) is 1.99. The first-order valence-electron chi connectivity index (χ1n) is 7.49. The number of aromatic nitrogens is 3. The highest BCUT2D eigenvalue weighted by Gasteiger charge is 2.14. The second-order valence-corrected chi connectivity index (χ2v) is 8.62. The minimum Gasteiger partial charge on any atom is -0.298 e. The zero-order valence-electron chi connectivity index (χ0n) is 12.9. The van der Waals surface area contributed by atoms with E-state index in [1.54, 1.807) is 34.3 Å². The van der Waals surface area contributed by atoms with Crippen molar-refractivity contribution in [1.29, 1.82) is 0 Å². The summed E-state index contributed by atoms with van der Waals surface area (Å²) in [5, 5.41) is 4.51. The van der Waals surface area contributed by atoms with Gasteiger partial charge < -0.3 is 0 Å². The fraction of sp³-hybridized carbons (Fsp3) is 0.0588. The van der Waals surface area contributed by atoms with Gasteiger partial charge in [-0.05, 0) is 37.3 Å². The quantitative estimate of drug-likeness (QED) is 0.462. The van der Waals surface area contributed by atoms with Gasteiger partial charge >= 0.3 is 0 Å². The van der Waals surface area contributed by atoms with Crippen molar-refractivity contribution < 1.29 is 4.79 Å². The van der Waals surface area contributed by atoms with Crippen LogP contribution in [0.5, 0.6) is 0 Å². The van der Waals surface area contributed by atoms with Crippen molar-refractivity contribution >= 4 is 75.7 Å². The molecule has 0 aliphatic heterocycles. The molecule has 0 saturated heterocycles. The SMILES string of the molecule is Cc1nc2ccc3sc(NC(=O)c4ccc5scnc5c4)nc3c2s1. The molecule has 0 spiro atoms. The number of anilines is 1. The number of nitrogens with zero attached hydrogens (tertiary/aromatic N) is 3. The largest absolute Gasteiger partial charge is 0.298 e. The molecule has 0 bridgehead atoms. The second kappa shape index (κ2) is 5.55. The highest BCUT2D eigenvalue weighted by molar-refractivity contribution is 7.24. The van der Waals surface area contributed by atoms with E-state index in [4.69, 9.17) is 0 Å². The number of carbonyl (C=O) groups is 1. The molecule has 0 unspecified atom stereocenters. The number of thiazole rings is 3. The van der Waals surface area contributed by atoms with Crippen molar-refractivity contribution in [3.8, 4) is 0 Å². The van der Waals surface area contributed by atoms with Crippen molar-refractivity contribution in [3.63, 3.8) is 0 Å². The van der Waals surface area contributed by atoms with Crippen molar-refractivity contribution in [2.45, 2.75) is 6.92 Å². The normalized spacial score (nSPS) is 11.6. The maximum atomic E-state index is 12.5. The zero-order chi connectivity index (χ0) is 17.0. The minimum absolute atomic E-state index is 0.175. The van der Waals surface area contributed by atoms with E-state index in [-0.39, 0.29) is 5.91 Å². The standard InChI is InChI=1S/C17H10N4OS3/c1-8-19-10-3-5-13-14(15(10)24-8)20-17(25-13)21-16(22)9-2-4-12-11(6-9)18-7-23-12/h2-7H,1H3,(H,20,21,22). The molecule has 122 valence electrons. The number of carbonyl (C=O) groups excluding carboxylic acids is 1. The summed E-state index contributed by atoms with van der Waals surface area (Å²) < 4.78 is 3.18. The van der Waals surface area contributed by atoms with Crippen LogP contribution < -0.4 is 5.32 Å². The van der Waals surface area contributed by atoms with Crippen LogP contribution in [0.15, 0.2) is 35.8 Å². The van der Waals surface area contributed by atoms with Gasteiger partial charge in [-0.1, -0.05) is 11.3 Å². The van der Waals surface area contributed by atoms with Gasteiger partial charge in [0.2, 0.25) is 0 Å². The van der Waals surface area contributed by atoms with E-state index in [1.165, 1.54) is 11.3 Å². The number of aryl methyl sites for hydroxylation is 1. The Balaban J connectivity index is 1.52. The molecule has 3 aromatic heterocycles. The molecule has 5 aromatic rings. The lowest BCUT2D eigenvalue weighted by atomic mass is 10.2. The molecule has 25 heavy (non-hydrogen) atoms. The minimum atomic E-state index is -0.175. The van der Waals surface area contributed by atoms with E-state index in [9.17, 15) is 4.79 Å². The van der Waals surface area contributed by atoms with Gasteiger partial charge in [0.25, 0.3) is 5.91 Å². The van der Waals surface area contributed by atoms with Gasteiger partial charge in [0.1, 0.15) is 5.52 Å². The molecule has 0 atom stereocenters. The Labute approximate surface area is 154 Å². The second-order valence-electron chi connectivity index (χ2n) is 5.50. The number of hydrogen-bond donors (Lipinski definition) is 1. The Morgan fingerprint density at radius 2 is 1.92 bits per heavy atom. The fourth-order valence-electron chi connectivity index (χ4n) is 2.71. The molecule has 1 N–H and O–H groups in total. The maximum Gasteiger partial charge on any atom is 0.257 e. The van der Waals surface area contributed by atoms with E-state index >= 15 is 0 Å². The first kappa shape index (κ1) is 14.9. The van der Waals surface area contributed by atoms with Crippen LogP contribution >= 0.6 is 34.0 Å². The Hall–Kier alpha value is -2.42. The number of benzene rings is 2. The maximum absolute atomic E-state index is 12.5. The van der Waals surface area contributed by atoms with Gasteiger partial charge in [-0.25, -0.2) is 15.0 Å². The lowest BCUT2D eigenvalue weighted by Crippen LogP contribution is -2.11. The van der Waals surface area contributed by atoms with Crippen LogP contribution in [0.2, 0.25) is 0 Å². The first-order valence-corrected chi connectivity index (χ1v) is 10.00. The number of nitrogens with one attached hydrogen (secondary N) is 1. The summed E-state index contributed by atoms with van der Waals surface area (Å²) >= 11 is 4.66. The molecule has 3 heterocycles. The van der Waals surface area contributed by atoms with Crippen LogP contribution in [0.4, 0.5) is 5.13 Å². The number of amides is 1. The van der Waals surface area contributed by atoms with Gasteiger partial charge in [0.15, 0.2) is 5.13 Å². The van der Waals surface area contributed by atoms with Crippen LogP contribution in [0.3, 0.4) is 0 Å². The third-order valence-electron chi connectivity index (χ3n) is 3.83. The molecule has 0 saturated carbocycles. The molecule has 0 radical (unpaired) electrons. The molecule has 0 aliphatic rings. The van der Waals surface area contributed by atoms with Crippen LogP contribution in [0.25, 0.3) is 30.6 Å². The fourth-order valence-corrected chi connectivity index (χ4v) is 5.21. The van der Waals surface area contributed by atoms with E-state index in [2.05, 4.69) is 20.3 Å². The predicted octanol–water partition coefficient (Wildman–Crippen LogP) is 5.08. The highest BCUT2D eigenvalue weighted by Crippen LogP contribution is 2.34. The smallest absolute Gasteiger partial charge is 0.257 e. The Morgan fingerprint density at radius 1 is 1.04 bits per heavy atom. The monoisotopic (exact) mass is 382 g/mol. The van der Waals surface area contributed by atoms with Gasteiger partial charge in [-0.15, -0.1) is 22.7 Å². The molecule has 0 fully saturated rings. The van der Waals surface area contributed by atoms with Crippen molar-refractivity contribution in [1.82, 2.24) is 15.0 Å². The molecule has 5 nitrogen and oxygen atoms in total. The van der Waals surface area contributed by atoms with Crippen LogP contribution in [0.1, 0.15) is 15.4 Å². The topological polar surface area (TPSA) is 67.8 Å². The average Bonchev–Trinajstić information content (AvgIpc) is 3.29. The molecular weight excluding hydrogens is 372 g/mol. The highest BCUT2D eigenvalue weighted by atomic mass is 32.1. The van der Waals surface area contributed by atoms with Gasteiger partial charge in [-0.3, -0.25) is 10.1 Å². The van der Waals surface area contributed by atoms with Crippen molar-refractivity contribution in [2.75, 3.05) is 5.32 Å². The molecule has 8 heteroatoms. The molecular formula is C17H10N4OS3. The molecule has 0 aliphatic carbocycles. The summed E-state index contributed by atoms with van der Waals surface area (Å²) in [5.41, 5.74) is 5.05. The van der Waals surface area contributed by atoms with Gasteiger partial charge in [-0.2, -0.15) is 0 Å². The van der Waals surface area contributed by atoms with Gasteiger partial charge in [0, 0.05) is 5.56 Å². The van der Waals surface area contributed by atoms with Crippen LogP contribution in [0, 0.1) is 6.92 Å². The predicted molar refractivity (Wildman–Crippen MR) is 105 cm³/mol. The average molecular weight is 382 g/mol. The lowest BCUT2D eigenvalue weighted by molar-refractivity contribution is 0.102. The van der Waals surface area contributed by atoms with Crippen molar-refractivity contribution in [2.24, 2.45) is 0 Å². The van der Waals surface area contributed by atoms with Crippen molar-refractivity contribution in [3.05, 3.63) is 46.4 Å². The Bertz CT molecular complexity index is 1270. The summed E-state index contributed by atoms with van der Waals surface area (Å²) in [4.78, 5) is 25.9. The van der Waals surface area contributed by atoms with Crippen LogP contribution in [-0.2, 0) is 0 Å². The molecule has 1 amide bonds. The number of hydrogen-bond acceptors (Lipinski definition) is 7. The van der Waals surface area contributed by atoms with Gasteiger partial charge in [0.05, 0.1) is 35.7 Å². The Kier molecular flexibility index (Phi) is 3.30. The van der Waals surface area contributed by atoms with Crippen LogP contribution in [-0.4, -0.2) is 20.9 Å². The lowest BCUT2D eigenvalue weighted by Gasteiger charge is -2.01. The van der Waals surface area contributed by atoms with E-state index in [0.717, 1.165) is 35.7 Å². The van der Waals surface area contributed by atoms with E-state index < -0.39 is 0 Å². The Morgan fingerprint density at radius 3 is 2.84 bits per heavy atom. The summed E-state index contributed by atoms with van der Waals surface area (Å²) in [6, 6.07) is 9.55. The van der Waals surface area contributed by atoms with E-state index in [0.29, 0.717) is 10.7 Å². The molecule has 2 aromatic carbocycles. The summed E-state index contributed by atoms with van der Waals surface area (Å²) in [6.07, 6.45) is 0. The summed E-state index contributed by atoms with van der Waals surface area (Å²) in [5.74, 6) is -0.175. The number of fused-ring (bicyclic) bond motifs is 4. The summed E-state index contributed by atoms with van der Waals surface area (Å²) in [7, 11) is 0. The molecule has 5 rings (SSSR count). The first-order chi connectivity index (χ1) is 12.2. The third-order valence-corrected chi connectivity index (χ3v) is 6.57. The zero-order valence-corrected chi connectivity index (χ0v) is 15.4. The third kappa shape index (κ3) is 2.50. The number of rotatable bonds is 2. The van der Waals surface area contributed by atoms with E-state index in [1.807, 2.05) is 31.2 Å².